The molecule has 0 fully saturated rings. The molecule has 0 aromatic heterocycles. The Labute approximate surface area is 125 Å². The molecule has 6 heteroatoms. The van der Waals surface area contributed by atoms with Gasteiger partial charge in [0.2, 0.25) is 0 Å². The number of nitrogens with one attached hydrogen (secondary N) is 1. The number of carbonyl (C=O) groups excluding carboxylic acids is 1. The van der Waals surface area contributed by atoms with Gasteiger partial charge in [-0.2, -0.15) is 0 Å². The third kappa shape index (κ3) is 4.16. The highest BCUT2D eigenvalue weighted by Gasteiger charge is 2.10. The van der Waals surface area contributed by atoms with Crippen LogP contribution in [0.1, 0.15) is 15.9 Å². The molecular formula is C15H13ClF2N2O. The molecule has 1 amide bonds. The second-order valence-electron chi connectivity index (χ2n) is 4.52. The average molecular weight is 311 g/mol. The van der Waals surface area contributed by atoms with Crippen molar-refractivity contribution < 1.29 is 13.6 Å². The third-order valence-corrected chi connectivity index (χ3v) is 3.17. The molecule has 2 aromatic carbocycles. The quantitative estimate of drug-likeness (QED) is 0.852. The highest BCUT2D eigenvalue weighted by Crippen LogP contribution is 2.19. The lowest BCUT2D eigenvalue weighted by Gasteiger charge is -2.07. The van der Waals surface area contributed by atoms with Crippen molar-refractivity contribution in [2.24, 2.45) is 0 Å². The molecule has 0 spiro atoms. The minimum absolute atomic E-state index is 0.239. The summed E-state index contributed by atoms with van der Waals surface area (Å²) in [5.41, 5.74) is 6.78. The molecule has 0 aliphatic rings. The molecule has 110 valence electrons. The van der Waals surface area contributed by atoms with Gasteiger partial charge in [0.25, 0.3) is 5.91 Å². The predicted molar refractivity (Wildman–Crippen MR) is 78.3 cm³/mol. The van der Waals surface area contributed by atoms with Crippen molar-refractivity contribution in [1.82, 2.24) is 5.32 Å². The Bertz CT molecular complexity index is 656. The smallest absolute Gasteiger partial charge is 0.252 e. The largest absolute Gasteiger partial charge is 0.399 e. The van der Waals surface area contributed by atoms with Crippen molar-refractivity contribution in [3.63, 3.8) is 0 Å². The SMILES string of the molecule is Nc1ccc(C(=O)NCCc2cc(F)cc(F)c2)c(Cl)c1. The molecule has 0 atom stereocenters. The summed E-state index contributed by atoms with van der Waals surface area (Å²) in [4.78, 5) is 11.9. The summed E-state index contributed by atoms with van der Waals surface area (Å²) >= 11 is 5.92. The number of amides is 1. The Morgan fingerprint density at radius 2 is 1.81 bits per heavy atom. The summed E-state index contributed by atoms with van der Waals surface area (Å²) in [6.07, 6.45) is 0.313. The number of halogens is 3. The van der Waals surface area contributed by atoms with Gasteiger partial charge < -0.3 is 11.1 Å². The van der Waals surface area contributed by atoms with Crippen LogP contribution in [-0.2, 0) is 6.42 Å². The number of anilines is 1. The van der Waals surface area contributed by atoms with Crippen molar-refractivity contribution in [2.75, 3.05) is 12.3 Å². The molecule has 0 bridgehead atoms. The van der Waals surface area contributed by atoms with E-state index in [0.29, 0.717) is 23.2 Å². The first-order valence-corrected chi connectivity index (χ1v) is 6.61. The van der Waals surface area contributed by atoms with Gasteiger partial charge in [-0.05, 0) is 42.3 Å². The van der Waals surface area contributed by atoms with Gasteiger partial charge in [0, 0.05) is 18.3 Å². The summed E-state index contributed by atoms with van der Waals surface area (Å²) in [6.45, 7) is 0.239. The second kappa shape index (κ2) is 6.54. The summed E-state index contributed by atoms with van der Waals surface area (Å²) in [7, 11) is 0. The first-order chi connectivity index (χ1) is 9.95. The number of nitrogen functional groups attached to an aromatic ring is 1. The molecule has 21 heavy (non-hydrogen) atoms. The Morgan fingerprint density at radius 3 is 2.43 bits per heavy atom. The van der Waals surface area contributed by atoms with Crippen LogP contribution in [0.3, 0.4) is 0 Å². The monoisotopic (exact) mass is 310 g/mol. The highest BCUT2D eigenvalue weighted by molar-refractivity contribution is 6.34. The lowest BCUT2D eigenvalue weighted by Crippen LogP contribution is -2.26. The van der Waals surface area contributed by atoms with E-state index >= 15 is 0 Å². The maximum atomic E-state index is 13.0. The molecule has 0 aliphatic heterocycles. The molecule has 0 saturated carbocycles. The fraction of sp³-hybridized carbons (Fsp3) is 0.133. The Balaban J connectivity index is 1.95. The molecule has 3 nitrogen and oxygen atoms in total. The minimum Gasteiger partial charge on any atom is -0.399 e. The van der Waals surface area contributed by atoms with Gasteiger partial charge in [-0.25, -0.2) is 8.78 Å². The van der Waals surface area contributed by atoms with Crippen molar-refractivity contribution in [1.29, 1.82) is 0 Å². The van der Waals surface area contributed by atoms with Gasteiger partial charge in [0.1, 0.15) is 11.6 Å². The van der Waals surface area contributed by atoms with Crippen molar-refractivity contribution in [2.45, 2.75) is 6.42 Å². The van der Waals surface area contributed by atoms with Crippen LogP contribution in [0.2, 0.25) is 5.02 Å². The molecule has 0 radical (unpaired) electrons. The highest BCUT2D eigenvalue weighted by atomic mass is 35.5. The van der Waals surface area contributed by atoms with Gasteiger partial charge in [-0.15, -0.1) is 0 Å². The van der Waals surface area contributed by atoms with E-state index in [0.717, 1.165) is 6.07 Å². The van der Waals surface area contributed by atoms with E-state index in [1.54, 1.807) is 6.07 Å². The van der Waals surface area contributed by atoms with Gasteiger partial charge in [0.15, 0.2) is 0 Å². The van der Waals surface area contributed by atoms with Crippen LogP contribution in [-0.4, -0.2) is 12.5 Å². The number of rotatable bonds is 4. The van der Waals surface area contributed by atoms with Gasteiger partial charge in [-0.1, -0.05) is 11.6 Å². The van der Waals surface area contributed by atoms with Crippen LogP contribution in [0.15, 0.2) is 36.4 Å². The minimum atomic E-state index is -0.641. The number of nitrogens with two attached hydrogens (primary N) is 1. The normalized spacial score (nSPS) is 10.4. The van der Waals surface area contributed by atoms with Gasteiger partial charge in [-0.3, -0.25) is 4.79 Å². The molecule has 0 unspecified atom stereocenters. The number of carbonyl (C=O) groups is 1. The van der Waals surface area contributed by atoms with Gasteiger partial charge >= 0.3 is 0 Å². The van der Waals surface area contributed by atoms with E-state index in [2.05, 4.69) is 5.32 Å². The number of benzene rings is 2. The van der Waals surface area contributed by atoms with E-state index in [9.17, 15) is 13.6 Å². The number of hydrogen-bond donors (Lipinski definition) is 2. The topological polar surface area (TPSA) is 55.1 Å². The Hall–Kier alpha value is -2.14. The second-order valence-corrected chi connectivity index (χ2v) is 4.93. The van der Waals surface area contributed by atoms with E-state index in [-0.39, 0.29) is 17.5 Å². The Morgan fingerprint density at radius 1 is 1.14 bits per heavy atom. The summed E-state index contributed by atoms with van der Waals surface area (Å²) < 4.78 is 26.0. The molecular weight excluding hydrogens is 298 g/mol. The lowest BCUT2D eigenvalue weighted by molar-refractivity contribution is 0.0954. The molecule has 0 aliphatic carbocycles. The van der Waals surface area contributed by atoms with Crippen LogP contribution in [0.25, 0.3) is 0 Å². The standard InChI is InChI=1S/C15H13ClF2N2O/c16-14-8-12(19)1-2-13(14)15(21)20-4-3-9-5-10(17)7-11(18)6-9/h1-2,5-8H,3-4,19H2,(H,20,21). The first-order valence-electron chi connectivity index (χ1n) is 6.24. The van der Waals surface area contributed by atoms with Crippen LogP contribution < -0.4 is 11.1 Å². The molecule has 2 rings (SSSR count). The third-order valence-electron chi connectivity index (χ3n) is 2.86. The molecule has 2 aromatic rings. The van der Waals surface area contributed by atoms with E-state index in [1.165, 1.54) is 24.3 Å². The van der Waals surface area contributed by atoms with E-state index < -0.39 is 11.6 Å². The molecule has 0 saturated heterocycles. The zero-order valence-electron chi connectivity index (χ0n) is 11.0. The molecule has 0 heterocycles. The maximum Gasteiger partial charge on any atom is 0.252 e. The van der Waals surface area contributed by atoms with Crippen LogP contribution >= 0.6 is 11.6 Å². The maximum absolute atomic E-state index is 13.0. The molecule has 3 N–H and O–H groups in total. The summed E-state index contributed by atoms with van der Waals surface area (Å²) in [5, 5.41) is 2.89. The average Bonchev–Trinajstić information content (AvgIpc) is 2.37. The zero-order valence-corrected chi connectivity index (χ0v) is 11.8. The van der Waals surface area contributed by atoms with Crippen molar-refractivity contribution in [3.05, 3.63) is 64.2 Å². The van der Waals surface area contributed by atoms with Crippen molar-refractivity contribution >= 4 is 23.2 Å². The summed E-state index contributed by atoms with van der Waals surface area (Å²) in [6, 6.07) is 7.84. The van der Waals surface area contributed by atoms with Gasteiger partial charge in [0.05, 0.1) is 10.6 Å². The van der Waals surface area contributed by atoms with Crippen LogP contribution in [0.4, 0.5) is 14.5 Å². The van der Waals surface area contributed by atoms with Crippen LogP contribution in [0.5, 0.6) is 0 Å². The summed E-state index contributed by atoms with van der Waals surface area (Å²) in [5.74, 6) is -1.65. The Kier molecular flexibility index (Phi) is 4.75. The fourth-order valence-electron chi connectivity index (χ4n) is 1.89. The van der Waals surface area contributed by atoms with Crippen molar-refractivity contribution in [3.8, 4) is 0 Å². The first kappa shape index (κ1) is 15.3. The lowest BCUT2D eigenvalue weighted by atomic mass is 10.1. The van der Waals surface area contributed by atoms with E-state index in [1.807, 2.05) is 0 Å². The predicted octanol–water partition coefficient (Wildman–Crippen LogP) is 3.17. The zero-order chi connectivity index (χ0) is 15.4. The number of hydrogen-bond acceptors (Lipinski definition) is 2. The van der Waals surface area contributed by atoms with Crippen LogP contribution in [0, 0.1) is 11.6 Å². The van der Waals surface area contributed by atoms with E-state index in [4.69, 9.17) is 17.3 Å². The fourth-order valence-corrected chi connectivity index (χ4v) is 2.16.